The predicted molar refractivity (Wildman–Crippen MR) is 109 cm³/mol. The second kappa shape index (κ2) is 8.58. The molecule has 4 unspecified atom stereocenters. The highest BCUT2D eigenvalue weighted by atomic mass is 16.7. The monoisotopic (exact) mass is 399 g/mol. The molecule has 0 aromatic carbocycles. The number of rotatable bonds is 6. The fraction of sp³-hybridized carbons (Fsp3) is 0.955. The van der Waals surface area contributed by atoms with Gasteiger partial charge in [0, 0.05) is 50.1 Å². The third kappa shape index (κ3) is 5.68. The zero-order valence-corrected chi connectivity index (χ0v) is 19.1. The molecule has 2 saturated heterocycles. The molecule has 0 aliphatic carbocycles. The van der Waals surface area contributed by atoms with Crippen molar-refractivity contribution in [3.8, 4) is 0 Å². The number of likely N-dealkylation sites (tertiary alicyclic amines) is 1. The van der Waals surface area contributed by atoms with Gasteiger partial charge in [-0.05, 0) is 48.1 Å². The van der Waals surface area contributed by atoms with Gasteiger partial charge in [0.1, 0.15) is 6.10 Å². The molecule has 0 aromatic heterocycles. The number of esters is 1. The summed E-state index contributed by atoms with van der Waals surface area (Å²) >= 11 is 0. The SMILES string of the molecule is CCC1CC(CC(CC(C)O)OC(C)=O)OC2(CC(C)(C)N(C)C(C)(C)C2)O1. The van der Waals surface area contributed by atoms with Crippen LogP contribution in [0.5, 0.6) is 0 Å². The maximum atomic E-state index is 11.5. The molecule has 1 N–H and O–H groups in total. The Morgan fingerprint density at radius 3 is 2.18 bits per heavy atom. The van der Waals surface area contributed by atoms with Gasteiger partial charge >= 0.3 is 5.97 Å². The second-order valence-electron chi connectivity index (χ2n) is 10.1. The second-order valence-corrected chi connectivity index (χ2v) is 10.1. The number of nitrogens with zero attached hydrogens (tertiary/aromatic N) is 1. The summed E-state index contributed by atoms with van der Waals surface area (Å²) in [6, 6.07) is 0. The normalized spacial score (nSPS) is 31.3. The topological polar surface area (TPSA) is 68.2 Å². The zero-order valence-electron chi connectivity index (χ0n) is 19.1. The molecule has 28 heavy (non-hydrogen) atoms. The van der Waals surface area contributed by atoms with Crippen molar-refractivity contribution in [2.24, 2.45) is 0 Å². The van der Waals surface area contributed by atoms with Crippen molar-refractivity contribution in [1.82, 2.24) is 4.90 Å². The number of aliphatic hydroxyl groups excluding tert-OH is 1. The minimum atomic E-state index is -0.630. The van der Waals surface area contributed by atoms with E-state index in [9.17, 15) is 9.90 Å². The molecule has 4 atom stereocenters. The maximum absolute atomic E-state index is 11.5. The van der Waals surface area contributed by atoms with Crippen LogP contribution in [0.25, 0.3) is 0 Å². The van der Waals surface area contributed by atoms with E-state index in [2.05, 4.69) is 46.6 Å². The van der Waals surface area contributed by atoms with Crippen LogP contribution in [0.15, 0.2) is 0 Å². The van der Waals surface area contributed by atoms with Gasteiger partial charge in [0.05, 0.1) is 18.3 Å². The molecule has 2 rings (SSSR count). The van der Waals surface area contributed by atoms with Crippen molar-refractivity contribution in [2.75, 3.05) is 7.05 Å². The van der Waals surface area contributed by atoms with Gasteiger partial charge < -0.3 is 19.3 Å². The van der Waals surface area contributed by atoms with E-state index in [1.807, 2.05) is 0 Å². The molecule has 0 saturated carbocycles. The van der Waals surface area contributed by atoms with Crippen molar-refractivity contribution >= 4 is 5.97 Å². The average Bonchev–Trinajstić information content (AvgIpc) is 2.49. The van der Waals surface area contributed by atoms with Gasteiger partial charge in [0.25, 0.3) is 0 Å². The number of carbonyl (C=O) groups is 1. The summed E-state index contributed by atoms with van der Waals surface area (Å²) in [7, 11) is 2.17. The van der Waals surface area contributed by atoms with Crippen LogP contribution < -0.4 is 0 Å². The molecule has 6 heteroatoms. The number of ether oxygens (including phenoxy) is 3. The van der Waals surface area contributed by atoms with E-state index in [0.717, 1.165) is 25.7 Å². The Bertz CT molecular complexity index is 527. The van der Waals surface area contributed by atoms with Crippen LogP contribution in [-0.4, -0.2) is 64.3 Å². The van der Waals surface area contributed by atoms with E-state index < -0.39 is 11.9 Å². The van der Waals surface area contributed by atoms with Crippen molar-refractivity contribution < 1.29 is 24.1 Å². The quantitative estimate of drug-likeness (QED) is 0.688. The summed E-state index contributed by atoms with van der Waals surface area (Å²) in [5, 5.41) is 9.81. The first-order valence-electron chi connectivity index (χ1n) is 10.7. The molecule has 2 aliphatic heterocycles. The summed E-state index contributed by atoms with van der Waals surface area (Å²) in [6.07, 6.45) is 3.49. The molecule has 0 radical (unpaired) electrons. The van der Waals surface area contributed by atoms with Gasteiger partial charge in [-0.2, -0.15) is 0 Å². The van der Waals surface area contributed by atoms with Crippen LogP contribution in [0, 0.1) is 0 Å². The average molecular weight is 400 g/mol. The molecule has 0 amide bonds. The fourth-order valence-electron chi connectivity index (χ4n) is 5.12. The molecule has 2 heterocycles. The number of hydrogen-bond acceptors (Lipinski definition) is 6. The first-order valence-corrected chi connectivity index (χ1v) is 10.7. The van der Waals surface area contributed by atoms with E-state index in [1.165, 1.54) is 6.92 Å². The smallest absolute Gasteiger partial charge is 0.302 e. The lowest BCUT2D eigenvalue weighted by atomic mass is 9.75. The van der Waals surface area contributed by atoms with Gasteiger partial charge in [-0.3, -0.25) is 9.69 Å². The molecule has 6 nitrogen and oxygen atoms in total. The standard InChI is InChI=1S/C22H41NO5/c1-9-17-11-19(12-18(10-15(2)24)26-16(3)25)28-22(27-17)13-20(4,5)23(8)21(6,7)14-22/h15,17-19,24H,9-14H2,1-8H3. The van der Waals surface area contributed by atoms with E-state index in [-0.39, 0.29) is 35.4 Å². The summed E-state index contributed by atoms with van der Waals surface area (Å²) < 4.78 is 18.7. The van der Waals surface area contributed by atoms with Crippen LogP contribution in [0.3, 0.4) is 0 Å². The number of carbonyl (C=O) groups excluding carboxylic acids is 1. The van der Waals surface area contributed by atoms with Gasteiger partial charge in [0.2, 0.25) is 0 Å². The lowest BCUT2D eigenvalue weighted by Gasteiger charge is -2.60. The van der Waals surface area contributed by atoms with E-state index in [0.29, 0.717) is 12.8 Å². The Kier molecular flexibility index (Phi) is 7.23. The highest BCUT2D eigenvalue weighted by molar-refractivity contribution is 5.66. The van der Waals surface area contributed by atoms with E-state index in [4.69, 9.17) is 14.2 Å². The fourth-order valence-corrected chi connectivity index (χ4v) is 5.12. The predicted octanol–water partition coefficient (Wildman–Crippen LogP) is 3.64. The number of hydrogen-bond donors (Lipinski definition) is 1. The summed E-state index contributed by atoms with van der Waals surface area (Å²) in [6.45, 7) is 14.2. The molecular weight excluding hydrogens is 358 g/mol. The molecule has 1 spiro atoms. The minimum Gasteiger partial charge on any atom is -0.462 e. The molecule has 2 aliphatic rings. The van der Waals surface area contributed by atoms with Crippen molar-refractivity contribution in [2.45, 2.75) is 128 Å². The molecule has 164 valence electrons. The summed E-state index contributed by atoms with van der Waals surface area (Å²) in [4.78, 5) is 13.9. The van der Waals surface area contributed by atoms with E-state index >= 15 is 0 Å². The Labute approximate surface area is 170 Å². The number of piperidine rings is 1. The van der Waals surface area contributed by atoms with Crippen LogP contribution in [-0.2, 0) is 19.0 Å². The highest BCUT2D eigenvalue weighted by Gasteiger charge is 2.55. The highest BCUT2D eigenvalue weighted by Crippen LogP contribution is 2.48. The van der Waals surface area contributed by atoms with Crippen LogP contribution in [0.1, 0.15) is 87.0 Å². The van der Waals surface area contributed by atoms with Crippen LogP contribution in [0.4, 0.5) is 0 Å². The third-order valence-electron chi connectivity index (χ3n) is 6.43. The van der Waals surface area contributed by atoms with Gasteiger partial charge in [-0.15, -0.1) is 0 Å². The van der Waals surface area contributed by atoms with Crippen LogP contribution in [0.2, 0.25) is 0 Å². The largest absolute Gasteiger partial charge is 0.462 e. The Morgan fingerprint density at radius 2 is 1.71 bits per heavy atom. The zero-order chi connectivity index (χ0) is 21.3. The molecule has 2 fully saturated rings. The van der Waals surface area contributed by atoms with Gasteiger partial charge in [-0.1, -0.05) is 6.92 Å². The Hall–Kier alpha value is -0.690. The lowest BCUT2D eigenvalue weighted by Crippen LogP contribution is -2.67. The minimum absolute atomic E-state index is 0.0585. The third-order valence-corrected chi connectivity index (χ3v) is 6.43. The molecule has 0 aromatic rings. The number of aliphatic hydroxyl groups is 1. The van der Waals surface area contributed by atoms with Crippen LogP contribution >= 0.6 is 0 Å². The van der Waals surface area contributed by atoms with Gasteiger partial charge in [-0.25, -0.2) is 0 Å². The van der Waals surface area contributed by atoms with Crippen molar-refractivity contribution in [3.63, 3.8) is 0 Å². The maximum Gasteiger partial charge on any atom is 0.302 e. The first-order chi connectivity index (χ1) is 12.8. The summed E-state index contributed by atoms with van der Waals surface area (Å²) in [5.74, 6) is -0.949. The van der Waals surface area contributed by atoms with E-state index in [1.54, 1.807) is 6.92 Å². The Balaban J connectivity index is 2.22. The van der Waals surface area contributed by atoms with Gasteiger partial charge in [0.15, 0.2) is 5.79 Å². The van der Waals surface area contributed by atoms with Crippen molar-refractivity contribution in [1.29, 1.82) is 0 Å². The Morgan fingerprint density at radius 1 is 1.18 bits per heavy atom. The first kappa shape index (κ1) is 23.6. The molecule has 0 bridgehead atoms. The summed E-state index contributed by atoms with van der Waals surface area (Å²) in [5.41, 5.74) is -0.117. The lowest BCUT2D eigenvalue weighted by molar-refractivity contribution is -0.355. The molecular formula is C22H41NO5. The van der Waals surface area contributed by atoms with Crippen molar-refractivity contribution in [3.05, 3.63) is 0 Å².